The van der Waals surface area contributed by atoms with E-state index in [1.165, 1.54) is 6.20 Å². The van der Waals surface area contributed by atoms with Gasteiger partial charge in [0.1, 0.15) is 0 Å². The van der Waals surface area contributed by atoms with Crippen molar-refractivity contribution in [2.45, 2.75) is 0 Å². The summed E-state index contributed by atoms with van der Waals surface area (Å²) in [4.78, 5) is 15.5. The standard InChI is InChI=1S/C12H12N2O3/c15-7-6-13-11(16)10-8-14-12(17-10)9-4-2-1-3-5-9/h1-5,8,15H,6-7H2,(H,13,16). The topological polar surface area (TPSA) is 75.4 Å². The van der Waals surface area contributed by atoms with Crippen LogP contribution in [0.1, 0.15) is 10.6 Å². The first kappa shape index (κ1) is 11.3. The molecule has 5 nitrogen and oxygen atoms in total. The Balaban J connectivity index is 2.14. The largest absolute Gasteiger partial charge is 0.431 e. The van der Waals surface area contributed by atoms with Gasteiger partial charge in [-0.1, -0.05) is 18.2 Å². The van der Waals surface area contributed by atoms with Crippen LogP contribution >= 0.6 is 0 Å². The molecule has 5 heteroatoms. The minimum absolute atomic E-state index is 0.106. The molecule has 0 spiro atoms. The number of benzene rings is 1. The number of carbonyl (C=O) groups is 1. The molecule has 88 valence electrons. The van der Waals surface area contributed by atoms with Gasteiger partial charge in [0.05, 0.1) is 12.8 Å². The number of aliphatic hydroxyl groups excluding tert-OH is 1. The highest BCUT2D eigenvalue weighted by Crippen LogP contribution is 2.18. The SMILES string of the molecule is O=C(NCCO)c1cnc(-c2ccccc2)o1. The molecule has 0 aliphatic carbocycles. The first-order valence-corrected chi connectivity index (χ1v) is 5.21. The fraction of sp³-hybridized carbons (Fsp3) is 0.167. The molecule has 0 atom stereocenters. The molecule has 1 aromatic carbocycles. The second-order valence-corrected chi connectivity index (χ2v) is 3.38. The molecule has 17 heavy (non-hydrogen) atoms. The summed E-state index contributed by atoms with van der Waals surface area (Å²) in [5, 5.41) is 11.1. The lowest BCUT2D eigenvalue weighted by Crippen LogP contribution is -2.25. The van der Waals surface area contributed by atoms with Crippen LogP contribution in [0, 0.1) is 0 Å². The van der Waals surface area contributed by atoms with Crippen molar-refractivity contribution in [3.63, 3.8) is 0 Å². The van der Waals surface area contributed by atoms with Crippen LogP contribution in [0.4, 0.5) is 0 Å². The van der Waals surface area contributed by atoms with Gasteiger partial charge in [0.2, 0.25) is 11.7 Å². The minimum Gasteiger partial charge on any atom is -0.431 e. The van der Waals surface area contributed by atoms with E-state index in [4.69, 9.17) is 9.52 Å². The number of amides is 1. The molecular weight excluding hydrogens is 220 g/mol. The number of hydrogen-bond donors (Lipinski definition) is 2. The number of nitrogens with zero attached hydrogens (tertiary/aromatic N) is 1. The van der Waals surface area contributed by atoms with Gasteiger partial charge in [0.25, 0.3) is 5.91 Å². The first-order chi connectivity index (χ1) is 8.31. The number of carbonyl (C=O) groups excluding carboxylic acids is 1. The predicted molar refractivity (Wildman–Crippen MR) is 61.4 cm³/mol. The summed E-state index contributed by atoms with van der Waals surface area (Å²) in [5.41, 5.74) is 0.814. The van der Waals surface area contributed by atoms with Crippen molar-refractivity contribution in [3.05, 3.63) is 42.3 Å². The highest BCUT2D eigenvalue weighted by Gasteiger charge is 2.12. The highest BCUT2D eigenvalue weighted by atomic mass is 16.4. The molecule has 2 aromatic rings. The third kappa shape index (κ3) is 2.70. The van der Waals surface area contributed by atoms with Crippen LogP contribution < -0.4 is 5.32 Å². The molecule has 0 aliphatic rings. The molecule has 1 aromatic heterocycles. The van der Waals surface area contributed by atoms with Crippen LogP contribution in [0.5, 0.6) is 0 Å². The smallest absolute Gasteiger partial charge is 0.288 e. The molecule has 2 rings (SSSR count). The fourth-order valence-corrected chi connectivity index (χ4v) is 1.35. The second kappa shape index (κ2) is 5.27. The van der Waals surface area contributed by atoms with Gasteiger partial charge in [-0.25, -0.2) is 4.98 Å². The van der Waals surface area contributed by atoms with E-state index in [1.807, 2.05) is 30.3 Å². The van der Waals surface area contributed by atoms with Gasteiger partial charge in [-0.2, -0.15) is 0 Å². The van der Waals surface area contributed by atoms with Crippen molar-refractivity contribution in [3.8, 4) is 11.5 Å². The average Bonchev–Trinajstić information content (AvgIpc) is 2.86. The van der Waals surface area contributed by atoms with E-state index >= 15 is 0 Å². The van der Waals surface area contributed by atoms with E-state index in [0.29, 0.717) is 5.89 Å². The Kier molecular flexibility index (Phi) is 3.52. The molecular formula is C12H12N2O3. The summed E-state index contributed by atoms with van der Waals surface area (Å²) < 4.78 is 5.32. The Labute approximate surface area is 98.1 Å². The van der Waals surface area contributed by atoms with Gasteiger partial charge in [-0.15, -0.1) is 0 Å². The Bertz CT molecular complexity index is 493. The molecule has 1 heterocycles. The molecule has 0 bridgehead atoms. The molecule has 0 saturated carbocycles. The fourth-order valence-electron chi connectivity index (χ4n) is 1.35. The van der Waals surface area contributed by atoms with Crippen molar-refractivity contribution in [2.24, 2.45) is 0 Å². The lowest BCUT2D eigenvalue weighted by Gasteiger charge is -1.98. The maximum Gasteiger partial charge on any atom is 0.288 e. The van der Waals surface area contributed by atoms with Crippen LogP contribution in [0.2, 0.25) is 0 Å². The number of aromatic nitrogens is 1. The Morgan fingerprint density at radius 3 is 2.82 bits per heavy atom. The molecule has 1 amide bonds. The number of rotatable bonds is 4. The highest BCUT2D eigenvalue weighted by molar-refractivity contribution is 5.91. The minimum atomic E-state index is -0.381. The number of nitrogens with one attached hydrogen (secondary N) is 1. The zero-order valence-electron chi connectivity index (χ0n) is 9.09. The van der Waals surface area contributed by atoms with Crippen LogP contribution in [-0.4, -0.2) is 29.1 Å². The van der Waals surface area contributed by atoms with Crippen molar-refractivity contribution >= 4 is 5.91 Å². The lowest BCUT2D eigenvalue weighted by molar-refractivity contribution is 0.0918. The summed E-state index contributed by atoms with van der Waals surface area (Å²) in [5.74, 6) is 0.158. The van der Waals surface area contributed by atoms with Gasteiger partial charge in [-0.05, 0) is 12.1 Å². The zero-order chi connectivity index (χ0) is 12.1. The monoisotopic (exact) mass is 232 g/mol. The predicted octanol–water partition coefficient (Wildman–Crippen LogP) is 1.06. The van der Waals surface area contributed by atoms with E-state index in [1.54, 1.807) is 0 Å². The third-order valence-electron chi connectivity index (χ3n) is 2.15. The van der Waals surface area contributed by atoms with E-state index in [2.05, 4.69) is 10.3 Å². The van der Waals surface area contributed by atoms with E-state index in [-0.39, 0.29) is 24.8 Å². The molecule has 0 saturated heterocycles. The van der Waals surface area contributed by atoms with E-state index < -0.39 is 0 Å². The van der Waals surface area contributed by atoms with Gasteiger partial charge in [-0.3, -0.25) is 4.79 Å². The summed E-state index contributed by atoms with van der Waals surface area (Å²) in [6.45, 7) is 0.0889. The van der Waals surface area contributed by atoms with Crippen molar-refractivity contribution < 1.29 is 14.3 Å². The quantitative estimate of drug-likeness (QED) is 0.826. The molecule has 0 fully saturated rings. The third-order valence-corrected chi connectivity index (χ3v) is 2.15. The van der Waals surface area contributed by atoms with Crippen molar-refractivity contribution in [1.82, 2.24) is 10.3 Å². The molecule has 2 N–H and O–H groups in total. The summed E-state index contributed by atoms with van der Waals surface area (Å²) in [6.07, 6.45) is 1.37. The van der Waals surface area contributed by atoms with Crippen molar-refractivity contribution in [2.75, 3.05) is 13.2 Å². The number of hydrogen-bond acceptors (Lipinski definition) is 4. The van der Waals surface area contributed by atoms with E-state index in [0.717, 1.165) is 5.56 Å². The summed E-state index contributed by atoms with van der Waals surface area (Å²) in [7, 11) is 0. The van der Waals surface area contributed by atoms with Crippen molar-refractivity contribution in [1.29, 1.82) is 0 Å². The zero-order valence-corrected chi connectivity index (χ0v) is 9.09. The van der Waals surface area contributed by atoms with Crippen LogP contribution in [0.15, 0.2) is 40.9 Å². The summed E-state index contributed by atoms with van der Waals surface area (Å²) in [6, 6.07) is 9.32. The Morgan fingerprint density at radius 2 is 2.12 bits per heavy atom. The normalized spacial score (nSPS) is 10.2. The van der Waals surface area contributed by atoms with Gasteiger partial charge < -0.3 is 14.8 Å². The molecule has 0 radical (unpaired) electrons. The van der Waals surface area contributed by atoms with Gasteiger partial charge in [0, 0.05) is 12.1 Å². The van der Waals surface area contributed by atoms with Crippen LogP contribution in [-0.2, 0) is 0 Å². The Morgan fingerprint density at radius 1 is 1.35 bits per heavy atom. The maximum atomic E-state index is 11.5. The van der Waals surface area contributed by atoms with E-state index in [9.17, 15) is 4.79 Å². The lowest BCUT2D eigenvalue weighted by atomic mass is 10.2. The number of oxazole rings is 1. The molecule has 0 aliphatic heterocycles. The first-order valence-electron chi connectivity index (χ1n) is 5.21. The Hall–Kier alpha value is -2.14. The maximum absolute atomic E-state index is 11.5. The molecule has 0 unspecified atom stereocenters. The average molecular weight is 232 g/mol. The van der Waals surface area contributed by atoms with Gasteiger partial charge >= 0.3 is 0 Å². The van der Waals surface area contributed by atoms with Crippen LogP contribution in [0.3, 0.4) is 0 Å². The summed E-state index contributed by atoms with van der Waals surface area (Å²) >= 11 is 0. The number of aliphatic hydroxyl groups is 1. The second-order valence-electron chi connectivity index (χ2n) is 3.38. The van der Waals surface area contributed by atoms with Crippen LogP contribution in [0.25, 0.3) is 11.5 Å². The van der Waals surface area contributed by atoms with Gasteiger partial charge in [0.15, 0.2) is 0 Å².